The molecule has 0 aliphatic rings. The molecule has 0 aliphatic heterocycles. The number of nitrogens with zero attached hydrogens (tertiary/aromatic N) is 4. The molecule has 54 heavy (non-hydrogen) atoms. The maximum atomic E-state index is 6.14. The van der Waals surface area contributed by atoms with Crippen LogP contribution in [0.1, 0.15) is 0 Å². The number of para-hydroxylation sites is 1. The van der Waals surface area contributed by atoms with E-state index in [1.54, 1.807) is 0 Å². The number of aromatic nitrogens is 4. The molecular weight excluding hydrogens is 661 g/mol. The predicted octanol–water partition coefficient (Wildman–Crippen LogP) is 12.7. The maximum absolute atomic E-state index is 6.14. The molecule has 5 nitrogen and oxygen atoms in total. The average Bonchev–Trinajstić information content (AvgIpc) is 3.79. The van der Waals surface area contributed by atoms with Gasteiger partial charge >= 0.3 is 0 Å². The van der Waals surface area contributed by atoms with Gasteiger partial charge in [-0.2, -0.15) is 0 Å². The number of pyridine rings is 1. The minimum absolute atomic E-state index is 0.607. The number of benzene rings is 7. The molecule has 252 valence electrons. The number of rotatable bonds is 5. The molecule has 0 saturated heterocycles. The highest BCUT2D eigenvalue weighted by Crippen LogP contribution is 2.40. The molecule has 5 heteroatoms. The highest BCUT2D eigenvalue weighted by Gasteiger charge is 2.18. The maximum Gasteiger partial charge on any atom is 0.234 e. The molecule has 0 N–H and O–H groups in total. The molecule has 0 bridgehead atoms. The van der Waals surface area contributed by atoms with Crippen molar-refractivity contribution in [1.82, 2.24) is 19.5 Å². The van der Waals surface area contributed by atoms with E-state index in [2.05, 4.69) is 138 Å². The van der Waals surface area contributed by atoms with Crippen molar-refractivity contribution in [2.45, 2.75) is 0 Å². The first-order valence-corrected chi connectivity index (χ1v) is 18.1. The summed E-state index contributed by atoms with van der Waals surface area (Å²) in [5, 5.41) is 6.95. The third-order valence-corrected chi connectivity index (χ3v) is 10.5. The van der Waals surface area contributed by atoms with Gasteiger partial charge in [-0.1, -0.05) is 121 Å². The van der Waals surface area contributed by atoms with Crippen molar-refractivity contribution in [3.8, 4) is 50.7 Å². The van der Waals surface area contributed by atoms with Crippen LogP contribution >= 0.6 is 0 Å². The normalized spacial score (nSPS) is 11.7. The van der Waals surface area contributed by atoms with Crippen molar-refractivity contribution in [2.75, 3.05) is 0 Å². The zero-order chi connectivity index (χ0) is 35.6. The Morgan fingerprint density at radius 3 is 1.80 bits per heavy atom. The van der Waals surface area contributed by atoms with E-state index in [1.165, 1.54) is 16.2 Å². The summed E-state index contributed by atoms with van der Waals surface area (Å²) >= 11 is 0. The van der Waals surface area contributed by atoms with Gasteiger partial charge in [-0.25, -0.2) is 15.0 Å². The molecular formula is C49H30N4O. The van der Waals surface area contributed by atoms with Gasteiger partial charge in [0, 0.05) is 45.1 Å². The van der Waals surface area contributed by atoms with Crippen molar-refractivity contribution in [1.29, 1.82) is 0 Å². The summed E-state index contributed by atoms with van der Waals surface area (Å²) in [7, 11) is 0. The Balaban J connectivity index is 1.07. The lowest BCUT2D eigenvalue weighted by Crippen LogP contribution is -2.01. The van der Waals surface area contributed by atoms with E-state index < -0.39 is 0 Å². The Morgan fingerprint density at radius 1 is 0.389 bits per heavy atom. The van der Waals surface area contributed by atoms with Crippen LogP contribution in [-0.2, 0) is 0 Å². The molecule has 4 aromatic heterocycles. The summed E-state index contributed by atoms with van der Waals surface area (Å²) in [5.41, 5.74) is 12.0. The molecule has 0 saturated carbocycles. The van der Waals surface area contributed by atoms with Gasteiger partial charge in [-0.05, 0) is 81.6 Å². The second kappa shape index (κ2) is 12.1. The Morgan fingerprint density at radius 2 is 1.00 bits per heavy atom. The quantitative estimate of drug-likeness (QED) is 0.180. The smallest absolute Gasteiger partial charge is 0.234 e. The van der Waals surface area contributed by atoms with Crippen LogP contribution in [-0.4, -0.2) is 19.5 Å². The summed E-state index contributed by atoms with van der Waals surface area (Å²) < 4.78 is 8.32. The van der Waals surface area contributed by atoms with E-state index in [9.17, 15) is 0 Å². The van der Waals surface area contributed by atoms with E-state index >= 15 is 0 Å². The average molecular weight is 691 g/mol. The number of fused-ring (bicyclic) bond motifs is 8. The van der Waals surface area contributed by atoms with Gasteiger partial charge in [-0.15, -0.1) is 0 Å². The second-order valence-corrected chi connectivity index (χ2v) is 13.7. The van der Waals surface area contributed by atoms with E-state index in [4.69, 9.17) is 19.4 Å². The SMILES string of the molecule is c1ccc(-c2cc(-c3ccccc3)nc(-c3cnc(-n4c5ccc(-c6ccc7oc8ccccc8c7c6)cc5c5c6ccccc6ccc54)nc3)c2)cc1. The van der Waals surface area contributed by atoms with Crippen molar-refractivity contribution in [3.63, 3.8) is 0 Å². The fraction of sp³-hybridized carbons (Fsp3) is 0. The first-order chi connectivity index (χ1) is 26.7. The first kappa shape index (κ1) is 30.3. The summed E-state index contributed by atoms with van der Waals surface area (Å²) in [5.74, 6) is 0.607. The Kier molecular flexibility index (Phi) is 6.79. The summed E-state index contributed by atoms with van der Waals surface area (Å²) in [6.45, 7) is 0. The molecule has 0 spiro atoms. The fourth-order valence-corrected chi connectivity index (χ4v) is 7.89. The fourth-order valence-electron chi connectivity index (χ4n) is 7.89. The van der Waals surface area contributed by atoms with Crippen molar-refractivity contribution >= 4 is 54.5 Å². The van der Waals surface area contributed by atoms with Gasteiger partial charge in [0.1, 0.15) is 11.2 Å². The van der Waals surface area contributed by atoms with Crippen molar-refractivity contribution < 1.29 is 4.42 Å². The Bertz CT molecular complexity index is 3140. The molecule has 4 heterocycles. The van der Waals surface area contributed by atoms with Crippen LogP contribution in [0.4, 0.5) is 0 Å². The van der Waals surface area contributed by atoms with Crippen molar-refractivity contribution in [3.05, 3.63) is 182 Å². The minimum Gasteiger partial charge on any atom is -0.456 e. The van der Waals surface area contributed by atoms with Crippen molar-refractivity contribution in [2.24, 2.45) is 0 Å². The van der Waals surface area contributed by atoms with Crippen LogP contribution < -0.4 is 0 Å². The molecule has 7 aromatic carbocycles. The van der Waals surface area contributed by atoms with Gasteiger partial charge in [0.2, 0.25) is 5.95 Å². The molecule has 0 radical (unpaired) electrons. The van der Waals surface area contributed by atoms with E-state index in [0.29, 0.717) is 5.95 Å². The van der Waals surface area contributed by atoms with E-state index in [-0.39, 0.29) is 0 Å². The molecule has 0 fully saturated rings. The molecule has 0 atom stereocenters. The highest BCUT2D eigenvalue weighted by atomic mass is 16.3. The second-order valence-electron chi connectivity index (χ2n) is 13.7. The third kappa shape index (κ3) is 4.90. The van der Waals surface area contributed by atoms with Crippen LogP contribution in [0.2, 0.25) is 0 Å². The largest absolute Gasteiger partial charge is 0.456 e. The van der Waals surface area contributed by atoms with Crippen LogP contribution in [0, 0.1) is 0 Å². The van der Waals surface area contributed by atoms with Gasteiger partial charge in [0.05, 0.1) is 22.4 Å². The van der Waals surface area contributed by atoms with Gasteiger partial charge < -0.3 is 4.42 Å². The lowest BCUT2D eigenvalue weighted by atomic mass is 9.99. The van der Waals surface area contributed by atoms with E-state index in [0.717, 1.165) is 83.1 Å². The third-order valence-electron chi connectivity index (χ3n) is 10.5. The lowest BCUT2D eigenvalue weighted by molar-refractivity contribution is 0.669. The molecule has 0 unspecified atom stereocenters. The van der Waals surface area contributed by atoms with Crippen LogP contribution in [0.3, 0.4) is 0 Å². The predicted molar refractivity (Wildman–Crippen MR) is 221 cm³/mol. The van der Waals surface area contributed by atoms with Gasteiger partial charge in [0.15, 0.2) is 0 Å². The minimum atomic E-state index is 0.607. The molecule has 0 aliphatic carbocycles. The number of hydrogen-bond acceptors (Lipinski definition) is 4. The zero-order valence-electron chi connectivity index (χ0n) is 29.0. The standard InChI is InChI=1S/C49H30N4O/c1-3-11-31(12-4-1)36-27-42(33-14-5-2-6-15-33)52-43(28-36)37-29-50-49(51-30-37)53-44-22-20-34(26-41(44)48-38-16-8-7-13-32(38)19-23-45(48)53)35-21-24-47-40(25-35)39-17-9-10-18-46(39)54-47/h1-30H. The van der Waals surface area contributed by atoms with Gasteiger partial charge in [-0.3, -0.25) is 4.57 Å². The van der Waals surface area contributed by atoms with Crippen LogP contribution in [0.5, 0.6) is 0 Å². The molecule has 11 rings (SSSR count). The highest BCUT2D eigenvalue weighted by molar-refractivity contribution is 6.22. The van der Waals surface area contributed by atoms with Gasteiger partial charge in [0.25, 0.3) is 0 Å². The topological polar surface area (TPSA) is 56.7 Å². The Labute approximate surface area is 310 Å². The zero-order valence-corrected chi connectivity index (χ0v) is 29.0. The Hall–Kier alpha value is -7.37. The summed E-state index contributed by atoms with van der Waals surface area (Å²) in [6.07, 6.45) is 3.79. The van der Waals surface area contributed by atoms with Crippen LogP contribution in [0.15, 0.2) is 187 Å². The number of furan rings is 1. The summed E-state index contributed by atoms with van der Waals surface area (Å²) in [6, 6.07) is 59.3. The monoisotopic (exact) mass is 690 g/mol. The molecule has 0 amide bonds. The van der Waals surface area contributed by atoms with Crippen LogP contribution in [0.25, 0.3) is 105 Å². The first-order valence-electron chi connectivity index (χ1n) is 18.1. The lowest BCUT2D eigenvalue weighted by Gasteiger charge is -2.11. The summed E-state index contributed by atoms with van der Waals surface area (Å²) in [4.78, 5) is 15.1. The number of hydrogen-bond donors (Lipinski definition) is 0. The van der Waals surface area contributed by atoms with E-state index in [1.807, 2.05) is 48.8 Å². The molecule has 11 aromatic rings.